The number of halogens is 1. The van der Waals surface area contributed by atoms with Gasteiger partial charge in [0.2, 0.25) is 0 Å². The minimum Gasteiger partial charge on any atom is -0.489 e. The number of ether oxygens (including phenoxy) is 1. The number of nitrogens with zero attached hydrogens (tertiary/aromatic N) is 3. The molecule has 2 aliphatic rings. The first-order chi connectivity index (χ1) is 16.4. The first kappa shape index (κ1) is 23.4. The Bertz CT molecular complexity index is 1300. The summed E-state index contributed by atoms with van der Waals surface area (Å²) >= 11 is 5.97. The molecule has 2 atom stereocenters. The molecular formula is C28H25ClN4O. The van der Waals surface area contributed by atoms with E-state index in [1.54, 1.807) is 12.1 Å². The first-order valence-corrected chi connectivity index (χ1v) is 11.7. The standard InChI is InChI=1S/C28H25ClN4O/c1-17-11-18(2)24(12-19(17)14-34-21-9-7-20(29)8-10-21)26-23-6-4-3-5-22(23)25(13-30)27(33)28(26,15-31)16-32/h5,7-12,23,26H,3-4,6,14,33H2,1-2H3/t23-,26+/m0/s1. The van der Waals surface area contributed by atoms with Crippen LogP contribution in [-0.4, -0.2) is 0 Å². The monoisotopic (exact) mass is 468 g/mol. The zero-order chi connectivity index (χ0) is 24.5. The third kappa shape index (κ3) is 3.81. The molecule has 0 radical (unpaired) electrons. The lowest BCUT2D eigenvalue weighted by atomic mass is 9.56. The topological polar surface area (TPSA) is 107 Å². The maximum Gasteiger partial charge on any atom is 0.191 e. The van der Waals surface area contributed by atoms with Crippen molar-refractivity contribution < 1.29 is 4.74 Å². The zero-order valence-electron chi connectivity index (χ0n) is 19.2. The number of nitrogens with two attached hydrogens (primary N) is 1. The van der Waals surface area contributed by atoms with Gasteiger partial charge in [0.05, 0.1) is 23.4 Å². The van der Waals surface area contributed by atoms with Crippen LogP contribution in [0.3, 0.4) is 0 Å². The van der Waals surface area contributed by atoms with Crippen molar-refractivity contribution >= 4 is 11.6 Å². The zero-order valence-corrected chi connectivity index (χ0v) is 20.0. The highest BCUT2D eigenvalue weighted by molar-refractivity contribution is 6.30. The molecule has 0 fully saturated rings. The van der Waals surface area contributed by atoms with Crippen LogP contribution in [0, 0.1) is 59.2 Å². The molecule has 5 nitrogen and oxygen atoms in total. The summed E-state index contributed by atoms with van der Waals surface area (Å²) in [4.78, 5) is 0. The van der Waals surface area contributed by atoms with Crippen molar-refractivity contribution in [3.8, 4) is 24.0 Å². The van der Waals surface area contributed by atoms with E-state index in [-0.39, 0.29) is 11.6 Å². The molecule has 0 saturated heterocycles. The molecule has 0 saturated carbocycles. The lowest BCUT2D eigenvalue weighted by Crippen LogP contribution is -2.43. The molecule has 0 bridgehead atoms. The summed E-state index contributed by atoms with van der Waals surface area (Å²) in [5, 5.41) is 31.0. The lowest BCUT2D eigenvalue weighted by Gasteiger charge is -2.44. The van der Waals surface area contributed by atoms with Crippen LogP contribution in [0.2, 0.25) is 5.02 Å². The molecule has 170 valence electrons. The fraction of sp³-hybridized carbons (Fsp3) is 0.321. The quantitative estimate of drug-likeness (QED) is 0.580. The Kier molecular flexibility index (Phi) is 6.39. The second kappa shape index (κ2) is 9.26. The van der Waals surface area contributed by atoms with Crippen LogP contribution in [0.1, 0.15) is 47.4 Å². The SMILES string of the molecule is Cc1cc(C)c([C@H]2[C@H]3CCCC=C3C(C#N)=C(N)C2(C#N)C#N)cc1COc1ccc(Cl)cc1. The minimum atomic E-state index is -1.61. The van der Waals surface area contributed by atoms with E-state index in [1.165, 1.54) is 0 Å². The maximum absolute atomic E-state index is 10.3. The van der Waals surface area contributed by atoms with E-state index in [0.717, 1.165) is 47.1 Å². The number of nitriles is 3. The highest BCUT2D eigenvalue weighted by Crippen LogP contribution is 2.56. The number of rotatable bonds is 4. The second-order valence-corrected chi connectivity index (χ2v) is 9.42. The fourth-order valence-corrected chi connectivity index (χ4v) is 5.44. The van der Waals surface area contributed by atoms with Gasteiger partial charge in [-0.25, -0.2) is 0 Å². The Morgan fingerprint density at radius 1 is 1.09 bits per heavy atom. The van der Waals surface area contributed by atoms with Crippen LogP contribution in [-0.2, 0) is 6.61 Å². The minimum absolute atomic E-state index is 0.0633. The summed E-state index contributed by atoms with van der Waals surface area (Å²) in [6.07, 6.45) is 4.65. The molecule has 0 amide bonds. The van der Waals surface area contributed by atoms with Crippen molar-refractivity contribution in [2.24, 2.45) is 17.1 Å². The maximum atomic E-state index is 10.3. The van der Waals surface area contributed by atoms with Crippen LogP contribution in [0.5, 0.6) is 5.75 Å². The molecule has 2 aliphatic carbocycles. The average Bonchev–Trinajstić information content (AvgIpc) is 2.84. The summed E-state index contributed by atoms with van der Waals surface area (Å²) in [7, 11) is 0. The molecule has 2 aromatic carbocycles. The van der Waals surface area contributed by atoms with Crippen molar-refractivity contribution in [3.05, 3.63) is 86.6 Å². The van der Waals surface area contributed by atoms with Gasteiger partial charge in [0, 0.05) is 10.9 Å². The average molecular weight is 469 g/mol. The molecule has 6 heteroatoms. The molecule has 2 aromatic rings. The van der Waals surface area contributed by atoms with Crippen molar-refractivity contribution in [1.82, 2.24) is 0 Å². The van der Waals surface area contributed by atoms with Gasteiger partial charge in [-0.2, -0.15) is 15.8 Å². The molecule has 2 N–H and O–H groups in total. The fourth-order valence-electron chi connectivity index (χ4n) is 5.32. The lowest BCUT2D eigenvalue weighted by molar-refractivity contribution is 0.302. The van der Waals surface area contributed by atoms with Crippen molar-refractivity contribution in [2.45, 2.75) is 45.6 Å². The summed E-state index contributed by atoms with van der Waals surface area (Å²) < 4.78 is 6.00. The number of aryl methyl sites for hydroxylation is 2. The van der Waals surface area contributed by atoms with E-state index in [1.807, 2.05) is 32.0 Å². The van der Waals surface area contributed by atoms with Gasteiger partial charge in [0.15, 0.2) is 5.41 Å². The highest BCUT2D eigenvalue weighted by Gasteiger charge is 2.54. The number of hydrogen-bond acceptors (Lipinski definition) is 5. The Morgan fingerprint density at radius 3 is 2.44 bits per heavy atom. The van der Waals surface area contributed by atoms with E-state index >= 15 is 0 Å². The second-order valence-electron chi connectivity index (χ2n) is 8.98. The Hall–Kier alpha value is -3.72. The first-order valence-electron chi connectivity index (χ1n) is 11.3. The van der Waals surface area contributed by atoms with E-state index in [2.05, 4.69) is 30.4 Å². The third-order valence-corrected chi connectivity index (χ3v) is 7.32. The summed E-state index contributed by atoms with van der Waals surface area (Å²) in [6.45, 7) is 4.35. The van der Waals surface area contributed by atoms with E-state index < -0.39 is 11.3 Å². The van der Waals surface area contributed by atoms with Crippen LogP contribution < -0.4 is 10.5 Å². The van der Waals surface area contributed by atoms with E-state index in [0.29, 0.717) is 23.0 Å². The van der Waals surface area contributed by atoms with Gasteiger partial charge in [-0.15, -0.1) is 0 Å². The number of hydrogen-bond donors (Lipinski definition) is 1. The van der Waals surface area contributed by atoms with E-state index in [4.69, 9.17) is 22.1 Å². The molecule has 0 heterocycles. The molecule has 0 aliphatic heterocycles. The van der Waals surface area contributed by atoms with E-state index in [9.17, 15) is 15.8 Å². The van der Waals surface area contributed by atoms with Gasteiger partial charge in [-0.1, -0.05) is 29.8 Å². The predicted octanol–water partition coefficient (Wildman–Crippen LogP) is 6.13. The highest BCUT2D eigenvalue weighted by atomic mass is 35.5. The molecule has 0 spiro atoms. The molecule has 0 aromatic heterocycles. The van der Waals surface area contributed by atoms with Crippen molar-refractivity contribution in [1.29, 1.82) is 15.8 Å². The van der Waals surface area contributed by atoms with Crippen LogP contribution in [0.25, 0.3) is 0 Å². The summed E-state index contributed by atoms with van der Waals surface area (Å²) in [6, 6.07) is 17.9. The van der Waals surface area contributed by atoms with Crippen molar-refractivity contribution in [3.63, 3.8) is 0 Å². The predicted molar refractivity (Wildman–Crippen MR) is 130 cm³/mol. The van der Waals surface area contributed by atoms with Gasteiger partial charge < -0.3 is 10.5 Å². The third-order valence-electron chi connectivity index (χ3n) is 7.07. The molecule has 0 unspecified atom stereocenters. The molecule has 34 heavy (non-hydrogen) atoms. The van der Waals surface area contributed by atoms with Gasteiger partial charge in [-0.05, 0) is 91.1 Å². The summed E-state index contributed by atoms with van der Waals surface area (Å²) in [5.41, 5.74) is 9.96. The number of allylic oxidation sites excluding steroid dienone is 4. The Labute approximate surface area is 205 Å². The normalized spacial score (nSPS) is 20.9. The largest absolute Gasteiger partial charge is 0.489 e. The number of benzene rings is 2. The van der Waals surface area contributed by atoms with Crippen LogP contribution in [0.4, 0.5) is 0 Å². The van der Waals surface area contributed by atoms with Gasteiger partial charge in [0.1, 0.15) is 18.4 Å². The molecule has 4 rings (SSSR count). The molecular weight excluding hydrogens is 444 g/mol. The Balaban J connectivity index is 1.83. The Morgan fingerprint density at radius 2 is 1.79 bits per heavy atom. The van der Waals surface area contributed by atoms with Gasteiger partial charge >= 0.3 is 0 Å². The van der Waals surface area contributed by atoms with Crippen LogP contribution >= 0.6 is 11.6 Å². The number of fused-ring (bicyclic) bond motifs is 1. The summed E-state index contributed by atoms with van der Waals surface area (Å²) in [5.74, 6) is 0.109. The smallest absolute Gasteiger partial charge is 0.191 e. The van der Waals surface area contributed by atoms with Gasteiger partial charge in [-0.3, -0.25) is 0 Å². The van der Waals surface area contributed by atoms with Crippen LogP contribution in [0.15, 0.2) is 59.3 Å². The van der Waals surface area contributed by atoms with Crippen molar-refractivity contribution in [2.75, 3.05) is 0 Å². The van der Waals surface area contributed by atoms with Gasteiger partial charge in [0.25, 0.3) is 0 Å².